The number of benzene rings is 1. The fraction of sp³-hybridized carbons (Fsp3) is 0.0833. The van der Waals surface area contributed by atoms with Crippen LogP contribution in [0.5, 0.6) is 0 Å². The summed E-state index contributed by atoms with van der Waals surface area (Å²) in [5.41, 5.74) is 2.21. The van der Waals surface area contributed by atoms with E-state index >= 15 is 0 Å². The maximum atomic E-state index is 4.36. The highest BCUT2D eigenvalue weighted by atomic mass is 14.8. The van der Waals surface area contributed by atoms with Crippen LogP contribution in [-0.4, -0.2) is 4.98 Å². The minimum atomic E-state index is 0.779. The molecule has 0 aliphatic rings. The average Bonchev–Trinajstić information content (AvgIpc) is 2.26. The van der Waals surface area contributed by atoms with Crippen LogP contribution in [0.4, 0.5) is 0 Å². The first kappa shape index (κ1) is 8.75. The fourth-order valence-corrected chi connectivity index (χ4v) is 1.40. The number of nitrogens with one attached hydrogen (secondary N) is 1. The van der Waals surface area contributed by atoms with Crippen molar-refractivity contribution in [3.63, 3.8) is 0 Å². The molecule has 0 saturated carbocycles. The number of pyridine rings is 1. The quantitative estimate of drug-likeness (QED) is 0.792. The van der Waals surface area contributed by atoms with Gasteiger partial charge in [-0.15, -0.1) is 0 Å². The molecule has 2 nitrogen and oxygen atoms in total. The van der Waals surface area contributed by atoms with Crippen molar-refractivity contribution in [1.82, 2.24) is 10.3 Å². The second-order valence-electron chi connectivity index (χ2n) is 3.12. The van der Waals surface area contributed by atoms with Gasteiger partial charge < -0.3 is 5.32 Å². The number of nitrogens with zero attached hydrogens (tertiary/aromatic N) is 1. The predicted octanol–water partition coefficient (Wildman–Crippen LogP) is 2.47. The van der Waals surface area contributed by atoms with Crippen molar-refractivity contribution in [2.45, 2.75) is 6.54 Å². The Morgan fingerprint density at radius 1 is 1.36 bits per heavy atom. The Hall–Kier alpha value is -1.83. The van der Waals surface area contributed by atoms with Crippen LogP contribution in [0.3, 0.4) is 0 Å². The highest BCUT2D eigenvalue weighted by molar-refractivity contribution is 5.78. The minimum Gasteiger partial charge on any atom is -0.387 e. The summed E-state index contributed by atoms with van der Waals surface area (Å²) >= 11 is 0. The van der Waals surface area contributed by atoms with Crippen LogP contribution in [0.1, 0.15) is 5.56 Å². The second kappa shape index (κ2) is 3.92. The summed E-state index contributed by atoms with van der Waals surface area (Å²) in [4.78, 5) is 4.36. The first-order valence-corrected chi connectivity index (χ1v) is 4.58. The van der Waals surface area contributed by atoms with Crippen LogP contribution in [0, 0.1) is 0 Å². The molecule has 14 heavy (non-hydrogen) atoms. The molecule has 1 N–H and O–H groups in total. The molecule has 1 aromatic heterocycles. The van der Waals surface area contributed by atoms with E-state index in [2.05, 4.69) is 29.0 Å². The van der Waals surface area contributed by atoms with Crippen LogP contribution in [0.15, 0.2) is 49.3 Å². The lowest BCUT2D eigenvalue weighted by Crippen LogP contribution is -2.03. The topological polar surface area (TPSA) is 24.9 Å². The van der Waals surface area contributed by atoms with E-state index in [0.29, 0.717) is 0 Å². The van der Waals surface area contributed by atoms with Gasteiger partial charge >= 0.3 is 0 Å². The molecule has 0 bridgehead atoms. The molecule has 1 heterocycles. The van der Waals surface area contributed by atoms with Gasteiger partial charge in [-0.3, -0.25) is 4.98 Å². The van der Waals surface area contributed by atoms with Gasteiger partial charge in [0.1, 0.15) is 0 Å². The Morgan fingerprint density at radius 2 is 2.21 bits per heavy atom. The lowest BCUT2D eigenvalue weighted by atomic mass is 10.1. The maximum absolute atomic E-state index is 4.36. The number of fused-ring (bicyclic) bond motifs is 1. The smallest absolute Gasteiger partial charge is 0.0702 e. The van der Waals surface area contributed by atoms with Crippen molar-refractivity contribution in [3.05, 3.63) is 54.9 Å². The van der Waals surface area contributed by atoms with Gasteiger partial charge in [-0.25, -0.2) is 0 Å². The zero-order valence-corrected chi connectivity index (χ0v) is 7.90. The zero-order valence-electron chi connectivity index (χ0n) is 7.90. The normalized spacial score (nSPS) is 10.0. The van der Waals surface area contributed by atoms with Gasteiger partial charge in [0.2, 0.25) is 0 Å². The summed E-state index contributed by atoms with van der Waals surface area (Å²) < 4.78 is 0. The first-order chi connectivity index (χ1) is 6.90. The minimum absolute atomic E-state index is 0.779. The second-order valence-corrected chi connectivity index (χ2v) is 3.12. The monoisotopic (exact) mass is 184 g/mol. The first-order valence-electron chi connectivity index (χ1n) is 4.58. The zero-order chi connectivity index (χ0) is 9.80. The van der Waals surface area contributed by atoms with Crippen LogP contribution >= 0.6 is 0 Å². The molecule has 2 aromatic rings. The van der Waals surface area contributed by atoms with E-state index in [-0.39, 0.29) is 0 Å². The molecule has 0 spiro atoms. The molecule has 2 rings (SSSR count). The molecular formula is C12H12N2. The Bertz CT molecular complexity index is 449. The molecule has 0 amide bonds. The summed E-state index contributed by atoms with van der Waals surface area (Å²) in [7, 11) is 0. The van der Waals surface area contributed by atoms with Gasteiger partial charge in [-0.1, -0.05) is 24.8 Å². The Kier molecular flexibility index (Phi) is 2.45. The van der Waals surface area contributed by atoms with Crippen LogP contribution < -0.4 is 5.32 Å². The van der Waals surface area contributed by atoms with E-state index in [1.165, 1.54) is 10.9 Å². The Labute approximate surface area is 83.3 Å². The summed E-state index contributed by atoms with van der Waals surface area (Å²) in [6.07, 6.45) is 3.58. The van der Waals surface area contributed by atoms with Crippen LogP contribution in [0.2, 0.25) is 0 Å². The number of aromatic nitrogens is 1. The molecule has 0 radical (unpaired) electrons. The van der Waals surface area contributed by atoms with Crippen molar-refractivity contribution in [1.29, 1.82) is 0 Å². The van der Waals surface area contributed by atoms with Crippen molar-refractivity contribution < 1.29 is 0 Å². The largest absolute Gasteiger partial charge is 0.387 e. The van der Waals surface area contributed by atoms with Gasteiger partial charge in [0.15, 0.2) is 0 Å². The number of hydrogen-bond acceptors (Lipinski definition) is 2. The van der Waals surface area contributed by atoms with E-state index in [4.69, 9.17) is 0 Å². The van der Waals surface area contributed by atoms with Gasteiger partial charge in [-0.2, -0.15) is 0 Å². The van der Waals surface area contributed by atoms with Crippen molar-refractivity contribution in [2.24, 2.45) is 0 Å². The maximum Gasteiger partial charge on any atom is 0.0702 e. The molecule has 0 aliphatic heterocycles. The lowest BCUT2D eigenvalue weighted by molar-refractivity contribution is 0.869. The van der Waals surface area contributed by atoms with Crippen LogP contribution in [0.25, 0.3) is 10.9 Å². The van der Waals surface area contributed by atoms with Gasteiger partial charge in [0.05, 0.1) is 5.52 Å². The van der Waals surface area contributed by atoms with Crippen LogP contribution in [-0.2, 0) is 6.54 Å². The third kappa shape index (κ3) is 1.74. The standard InChI is InChI=1S/C12H12N2/c1-2-13-8-10-7-11-5-3-4-6-12(11)14-9-10/h2-7,9,13H,1,8H2. The Balaban J connectivity index is 2.36. The van der Waals surface area contributed by atoms with E-state index in [1.807, 2.05) is 24.4 Å². The third-order valence-corrected chi connectivity index (χ3v) is 2.10. The average molecular weight is 184 g/mol. The number of rotatable bonds is 3. The molecule has 70 valence electrons. The highest BCUT2D eigenvalue weighted by Crippen LogP contribution is 2.12. The fourth-order valence-electron chi connectivity index (χ4n) is 1.40. The third-order valence-electron chi connectivity index (χ3n) is 2.10. The predicted molar refractivity (Wildman–Crippen MR) is 58.8 cm³/mol. The SMILES string of the molecule is C=CNCc1cnc2ccccc2c1. The molecule has 0 aliphatic carbocycles. The summed E-state index contributed by atoms with van der Waals surface area (Å²) in [6.45, 7) is 4.39. The van der Waals surface area contributed by atoms with E-state index in [1.54, 1.807) is 6.20 Å². The Morgan fingerprint density at radius 3 is 3.07 bits per heavy atom. The summed E-state index contributed by atoms with van der Waals surface area (Å²) in [5.74, 6) is 0. The summed E-state index contributed by atoms with van der Waals surface area (Å²) in [6, 6.07) is 10.2. The van der Waals surface area contributed by atoms with E-state index < -0.39 is 0 Å². The van der Waals surface area contributed by atoms with Gasteiger partial charge in [-0.05, 0) is 23.9 Å². The molecule has 2 heteroatoms. The van der Waals surface area contributed by atoms with Crippen molar-refractivity contribution in [3.8, 4) is 0 Å². The van der Waals surface area contributed by atoms with Gasteiger partial charge in [0, 0.05) is 18.1 Å². The van der Waals surface area contributed by atoms with E-state index in [0.717, 1.165) is 12.1 Å². The van der Waals surface area contributed by atoms with Crippen molar-refractivity contribution in [2.75, 3.05) is 0 Å². The summed E-state index contributed by atoms with van der Waals surface area (Å²) in [5, 5.41) is 4.23. The number of para-hydroxylation sites is 1. The highest BCUT2D eigenvalue weighted by Gasteiger charge is 1.95. The number of hydrogen-bond donors (Lipinski definition) is 1. The molecule has 0 atom stereocenters. The molecule has 0 fully saturated rings. The molecule has 1 aromatic carbocycles. The molecule has 0 unspecified atom stereocenters. The van der Waals surface area contributed by atoms with Crippen molar-refractivity contribution >= 4 is 10.9 Å². The van der Waals surface area contributed by atoms with E-state index in [9.17, 15) is 0 Å². The molecule has 0 saturated heterocycles. The lowest BCUT2D eigenvalue weighted by Gasteiger charge is -2.02. The van der Waals surface area contributed by atoms with Gasteiger partial charge in [0.25, 0.3) is 0 Å². The molecular weight excluding hydrogens is 172 g/mol.